The van der Waals surface area contributed by atoms with Gasteiger partial charge in [0, 0.05) is 33.9 Å². The van der Waals surface area contributed by atoms with Crippen molar-refractivity contribution in [2.75, 3.05) is 19.6 Å². The largest absolute Gasteiger partial charge is 0.344 e. The van der Waals surface area contributed by atoms with Crippen LogP contribution in [-0.4, -0.2) is 40.9 Å². The normalized spacial score (nSPS) is 15.9. The molecule has 1 saturated heterocycles. The standard InChI is InChI=1S/C29H28ClN3O2/c1-32-23-16-18(8-4-5-13-33-14-6-7-15-33)11-12-20(23)25-24(32)17-21(19-9-2-3-10-22(19)30)26-27(25)29(35)31-28(26)34/h2-3,9-12,16-17H,4-8,13-15H2,1H3,(H,31,34,35). The van der Waals surface area contributed by atoms with Gasteiger partial charge in [-0.05, 0) is 81.1 Å². The van der Waals surface area contributed by atoms with Crippen molar-refractivity contribution in [3.8, 4) is 11.1 Å². The van der Waals surface area contributed by atoms with Gasteiger partial charge in [0.25, 0.3) is 11.8 Å². The Bertz CT molecular complexity index is 1500. The van der Waals surface area contributed by atoms with Gasteiger partial charge in [0.05, 0.1) is 16.6 Å². The van der Waals surface area contributed by atoms with Gasteiger partial charge in [-0.15, -0.1) is 0 Å². The summed E-state index contributed by atoms with van der Waals surface area (Å²) in [6.07, 6.45) is 6.08. The van der Waals surface area contributed by atoms with Crippen LogP contribution in [0, 0.1) is 0 Å². The first kappa shape index (κ1) is 22.3. The van der Waals surface area contributed by atoms with Gasteiger partial charge in [-0.25, -0.2) is 0 Å². The van der Waals surface area contributed by atoms with Gasteiger partial charge in [-0.1, -0.05) is 41.9 Å². The minimum Gasteiger partial charge on any atom is -0.344 e. The van der Waals surface area contributed by atoms with E-state index in [0.29, 0.717) is 21.7 Å². The van der Waals surface area contributed by atoms with Crippen LogP contribution in [0.15, 0.2) is 48.5 Å². The van der Waals surface area contributed by atoms with E-state index in [2.05, 4.69) is 33.0 Å². The van der Waals surface area contributed by atoms with Crippen molar-refractivity contribution in [3.63, 3.8) is 0 Å². The van der Waals surface area contributed by atoms with Crippen LogP contribution in [-0.2, 0) is 13.5 Å². The number of imide groups is 1. The number of carbonyl (C=O) groups excluding carboxylic acids is 2. The van der Waals surface area contributed by atoms with Crippen LogP contribution < -0.4 is 5.32 Å². The predicted octanol–water partition coefficient (Wildman–Crippen LogP) is 5.95. The van der Waals surface area contributed by atoms with E-state index in [0.717, 1.165) is 40.2 Å². The van der Waals surface area contributed by atoms with Gasteiger partial charge in [-0.3, -0.25) is 14.9 Å². The summed E-state index contributed by atoms with van der Waals surface area (Å²) in [6, 6.07) is 16.0. The Kier molecular flexibility index (Phi) is 5.62. The topological polar surface area (TPSA) is 54.3 Å². The number of nitrogens with one attached hydrogen (secondary N) is 1. The second-order valence-electron chi connectivity index (χ2n) is 9.75. The number of amides is 2. The van der Waals surface area contributed by atoms with Crippen molar-refractivity contribution >= 4 is 45.2 Å². The Morgan fingerprint density at radius 3 is 2.46 bits per heavy atom. The molecule has 6 rings (SSSR count). The first-order valence-electron chi connectivity index (χ1n) is 12.4. The van der Waals surface area contributed by atoms with Gasteiger partial charge in [0.15, 0.2) is 0 Å². The molecule has 1 aromatic heterocycles. The molecule has 0 radical (unpaired) electrons. The lowest BCUT2D eigenvalue weighted by Crippen LogP contribution is -2.20. The highest BCUT2D eigenvalue weighted by atomic mass is 35.5. The minimum absolute atomic E-state index is 0.345. The first-order valence-corrected chi connectivity index (χ1v) is 12.8. The molecule has 0 spiro atoms. The van der Waals surface area contributed by atoms with E-state index >= 15 is 0 Å². The number of carbonyl (C=O) groups is 2. The van der Waals surface area contributed by atoms with Crippen LogP contribution in [0.5, 0.6) is 0 Å². The number of nitrogens with zero attached hydrogens (tertiary/aromatic N) is 2. The summed E-state index contributed by atoms with van der Waals surface area (Å²) in [5.41, 5.74) is 5.59. The Hall–Kier alpha value is -3.15. The number of hydrogen-bond acceptors (Lipinski definition) is 3. The van der Waals surface area contributed by atoms with E-state index < -0.39 is 0 Å². The lowest BCUT2D eigenvalue weighted by molar-refractivity contribution is 0.0880. The van der Waals surface area contributed by atoms with E-state index in [4.69, 9.17) is 11.6 Å². The van der Waals surface area contributed by atoms with Crippen molar-refractivity contribution in [2.45, 2.75) is 32.1 Å². The third-order valence-electron chi connectivity index (χ3n) is 7.59. The molecular weight excluding hydrogens is 458 g/mol. The second-order valence-corrected chi connectivity index (χ2v) is 10.2. The van der Waals surface area contributed by atoms with Gasteiger partial charge in [0.1, 0.15) is 0 Å². The Balaban J connectivity index is 1.43. The summed E-state index contributed by atoms with van der Waals surface area (Å²) in [5, 5.41) is 4.89. The maximum atomic E-state index is 13.0. The highest BCUT2D eigenvalue weighted by Crippen LogP contribution is 2.41. The minimum atomic E-state index is -0.367. The number of unbranched alkanes of at least 4 members (excludes halogenated alkanes) is 1. The van der Waals surface area contributed by atoms with Crippen molar-refractivity contribution in [2.24, 2.45) is 7.05 Å². The van der Waals surface area contributed by atoms with Crippen LogP contribution >= 0.6 is 11.6 Å². The van der Waals surface area contributed by atoms with Gasteiger partial charge < -0.3 is 9.47 Å². The Morgan fingerprint density at radius 1 is 0.886 bits per heavy atom. The summed E-state index contributed by atoms with van der Waals surface area (Å²) >= 11 is 6.51. The number of likely N-dealkylation sites (tertiary alicyclic amines) is 1. The molecule has 6 heteroatoms. The zero-order chi connectivity index (χ0) is 24.1. The molecule has 5 nitrogen and oxygen atoms in total. The van der Waals surface area contributed by atoms with E-state index in [9.17, 15) is 9.59 Å². The predicted molar refractivity (Wildman–Crippen MR) is 141 cm³/mol. The average Bonchev–Trinajstić information content (AvgIpc) is 3.55. The van der Waals surface area contributed by atoms with E-state index in [1.165, 1.54) is 44.5 Å². The van der Waals surface area contributed by atoms with Gasteiger partial charge >= 0.3 is 0 Å². The third kappa shape index (κ3) is 3.74. The number of benzene rings is 3. The van der Waals surface area contributed by atoms with Gasteiger partial charge in [-0.2, -0.15) is 0 Å². The maximum Gasteiger partial charge on any atom is 0.259 e. The van der Waals surface area contributed by atoms with Crippen LogP contribution in [0.4, 0.5) is 0 Å². The number of halogens is 1. The fraction of sp³-hybridized carbons (Fsp3) is 0.310. The van der Waals surface area contributed by atoms with Gasteiger partial charge in [0.2, 0.25) is 0 Å². The summed E-state index contributed by atoms with van der Waals surface area (Å²) < 4.78 is 2.13. The molecule has 0 bridgehead atoms. The number of rotatable bonds is 6. The number of fused-ring (bicyclic) bond motifs is 5. The van der Waals surface area contributed by atoms with Crippen LogP contribution in [0.1, 0.15) is 52.0 Å². The number of aromatic nitrogens is 1. The van der Waals surface area contributed by atoms with Crippen LogP contribution in [0.3, 0.4) is 0 Å². The highest BCUT2D eigenvalue weighted by molar-refractivity contribution is 6.36. The van der Waals surface area contributed by atoms with Crippen molar-refractivity contribution in [3.05, 3.63) is 70.2 Å². The van der Waals surface area contributed by atoms with E-state index in [1.807, 2.05) is 31.3 Å². The van der Waals surface area contributed by atoms with Crippen molar-refractivity contribution < 1.29 is 9.59 Å². The van der Waals surface area contributed by atoms with Crippen LogP contribution in [0.2, 0.25) is 5.02 Å². The fourth-order valence-corrected chi connectivity index (χ4v) is 6.05. The molecule has 2 aliphatic rings. The van der Waals surface area contributed by atoms with E-state index in [-0.39, 0.29) is 11.8 Å². The average molecular weight is 486 g/mol. The van der Waals surface area contributed by atoms with E-state index in [1.54, 1.807) is 6.07 Å². The lowest BCUT2D eigenvalue weighted by Gasteiger charge is -2.13. The molecule has 4 aromatic rings. The molecule has 3 heterocycles. The monoisotopic (exact) mass is 485 g/mol. The fourth-order valence-electron chi connectivity index (χ4n) is 5.81. The molecule has 0 aliphatic carbocycles. The smallest absolute Gasteiger partial charge is 0.259 e. The Morgan fingerprint density at radius 2 is 1.66 bits per heavy atom. The Labute approximate surface area is 209 Å². The lowest BCUT2D eigenvalue weighted by atomic mass is 9.92. The summed E-state index contributed by atoms with van der Waals surface area (Å²) in [5.74, 6) is -0.712. The maximum absolute atomic E-state index is 13.0. The SMILES string of the molecule is Cn1c2cc(CCCCN3CCCC3)ccc2c2c3c(c(-c4ccccc4Cl)cc21)C(=O)NC3=O. The van der Waals surface area contributed by atoms with Crippen molar-refractivity contribution in [1.82, 2.24) is 14.8 Å². The molecule has 1 N–H and O–H groups in total. The summed E-state index contributed by atoms with van der Waals surface area (Å²) in [7, 11) is 2.03. The molecule has 0 saturated carbocycles. The quantitative estimate of drug-likeness (QED) is 0.271. The zero-order valence-electron chi connectivity index (χ0n) is 19.9. The molecule has 2 aliphatic heterocycles. The van der Waals surface area contributed by atoms with Crippen molar-refractivity contribution in [1.29, 1.82) is 0 Å². The first-order chi connectivity index (χ1) is 17.0. The highest BCUT2D eigenvalue weighted by Gasteiger charge is 2.34. The molecule has 2 amide bonds. The third-order valence-corrected chi connectivity index (χ3v) is 7.92. The molecule has 1 fully saturated rings. The number of hydrogen-bond donors (Lipinski definition) is 1. The number of aryl methyl sites for hydroxylation is 2. The molecule has 0 unspecified atom stereocenters. The zero-order valence-corrected chi connectivity index (χ0v) is 20.6. The second kappa shape index (κ2) is 8.81. The summed E-state index contributed by atoms with van der Waals surface area (Å²) in [6.45, 7) is 3.69. The summed E-state index contributed by atoms with van der Waals surface area (Å²) in [4.78, 5) is 28.4. The molecule has 0 atom stereocenters. The molecule has 3 aromatic carbocycles. The molecule has 35 heavy (non-hydrogen) atoms. The molecular formula is C29H28ClN3O2. The van der Waals surface area contributed by atoms with Crippen LogP contribution in [0.25, 0.3) is 32.9 Å². The molecule has 178 valence electrons.